The van der Waals surface area contributed by atoms with Gasteiger partial charge in [-0.2, -0.15) is 0 Å². The Morgan fingerprint density at radius 1 is 1.23 bits per heavy atom. The van der Waals surface area contributed by atoms with E-state index >= 15 is 0 Å². The minimum absolute atomic E-state index is 0.295. The molecule has 0 fully saturated rings. The van der Waals surface area contributed by atoms with E-state index in [4.69, 9.17) is 13.9 Å². The van der Waals surface area contributed by atoms with Gasteiger partial charge in [-0.15, -0.1) is 0 Å². The molecule has 1 heterocycles. The molecule has 1 N–H and O–H groups in total. The molecule has 1 aromatic carbocycles. The second-order valence-electron chi connectivity index (χ2n) is 4.14. The lowest BCUT2D eigenvalue weighted by molar-refractivity contribution is -0.128. The molecule has 0 aliphatic carbocycles. The van der Waals surface area contributed by atoms with E-state index in [1.165, 1.54) is 18.4 Å². The Balaban J connectivity index is 1.88. The van der Waals surface area contributed by atoms with Gasteiger partial charge >= 0.3 is 12.1 Å². The number of esters is 1. The van der Waals surface area contributed by atoms with Crippen LogP contribution in [-0.2, 0) is 9.53 Å². The van der Waals surface area contributed by atoms with E-state index in [1.54, 1.807) is 43.3 Å². The van der Waals surface area contributed by atoms with Crippen molar-refractivity contribution in [2.75, 3.05) is 11.9 Å². The van der Waals surface area contributed by atoms with Crippen molar-refractivity contribution in [1.82, 2.24) is 0 Å². The quantitative estimate of drug-likeness (QED) is 0.520. The van der Waals surface area contributed by atoms with Gasteiger partial charge in [0.25, 0.3) is 0 Å². The van der Waals surface area contributed by atoms with Crippen LogP contribution in [0.4, 0.5) is 10.5 Å². The Morgan fingerprint density at radius 2 is 2.00 bits per heavy atom. The summed E-state index contributed by atoms with van der Waals surface area (Å²) < 4.78 is 14.9. The Hall–Kier alpha value is -3.02. The third kappa shape index (κ3) is 4.82. The molecule has 0 aliphatic rings. The van der Waals surface area contributed by atoms with Crippen LogP contribution in [0.2, 0.25) is 0 Å². The lowest BCUT2D eigenvalue weighted by atomic mass is 10.3. The van der Waals surface area contributed by atoms with Crippen molar-refractivity contribution < 1.29 is 23.5 Å². The fourth-order valence-electron chi connectivity index (χ4n) is 1.58. The van der Waals surface area contributed by atoms with Gasteiger partial charge in [0, 0.05) is 11.8 Å². The van der Waals surface area contributed by atoms with Crippen molar-refractivity contribution in [2.24, 2.45) is 0 Å². The van der Waals surface area contributed by atoms with Crippen LogP contribution in [0, 0.1) is 0 Å². The lowest BCUT2D eigenvalue weighted by Gasteiger charge is -2.06. The average Bonchev–Trinajstić information content (AvgIpc) is 3.01. The topological polar surface area (TPSA) is 77.8 Å². The second kappa shape index (κ2) is 7.68. The van der Waals surface area contributed by atoms with Gasteiger partial charge in [-0.05, 0) is 49.4 Å². The fraction of sp³-hybridized carbons (Fsp3) is 0.125. The molecule has 22 heavy (non-hydrogen) atoms. The number of ether oxygens (including phenoxy) is 2. The number of anilines is 1. The van der Waals surface area contributed by atoms with Crippen LogP contribution >= 0.6 is 0 Å². The van der Waals surface area contributed by atoms with Crippen LogP contribution < -0.4 is 10.1 Å². The summed E-state index contributed by atoms with van der Waals surface area (Å²) in [5.74, 6) is 0.400. The number of amides is 1. The van der Waals surface area contributed by atoms with Crippen LogP contribution in [0.1, 0.15) is 12.7 Å². The number of carbonyl (C=O) groups excluding carboxylic acids is 2. The molecule has 0 aliphatic heterocycles. The van der Waals surface area contributed by atoms with Gasteiger partial charge in [-0.3, -0.25) is 5.32 Å². The highest BCUT2D eigenvalue weighted by molar-refractivity contribution is 5.88. The zero-order chi connectivity index (χ0) is 15.8. The second-order valence-corrected chi connectivity index (χ2v) is 4.14. The summed E-state index contributed by atoms with van der Waals surface area (Å²) in [6.07, 6.45) is 3.76. The molecule has 1 aromatic heterocycles. The molecule has 0 spiro atoms. The number of hydrogen-bond donors (Lipinski definition) is 1. The molecule has 0 radical (unpaired) electrons. The molecule has 0 unspecified atom stereocenters. The first-order valence-electron chi connectivity index (χ1n) is 6.64. The summed E-state index contributed by atoms with van der Waals surface area (Å²) in [5.41, 5.74) is 0.546. The highest BCUT2D eigenvalue weighted by Gasteiger charge is 2.04. The maximum absolute atomic E-state index is 11.6. The molecule has 0 saturated carbocycles. The number of hydrogen-bond acceptors (Lipinski definition) is 5. The molecule has 6 heteroatoms. The maximum Gasteiger partial charge on any atom is 0.411 e. The van der Waals surface area contributed by atoms with Gasteiger partial charge in [0.05, 0.1) is 12.9 Å². The first-order chi connectivity index (χ1) is 10.7. The molecular formula is C16H15NO5. The highest BCUT2D eigenvalue weighted by Crippen LogP contribution is 2.16. The average molecular weight is 301 g/mol. The Labute approximate surface area is 127 Å². The van der Waals surface area contributed by atoms with Crippen molar-refractivity contribution in [3.05, 3.63) is 54.5 Å². The van der Waals surface area contributed by atoms with Gasteiger partial charge in [-0.25, -0.2) is 9.59 Å². The number of benzene rings is 1. The number of furan rings is 1. The van der Waals surface area contributed by atoms with E-state index in [0.29, 0.717) is 23.8 Å². The summed E-state index contributed by atoms with van der Waals surface area (Å²) >= 11 is 0. The smallest absolute Gasteiger partial charge is 0.411 e. The van der Waals surface area contributed by atoms with Crippen molar-refractivity contribution in [1.29, 1.82) is 0 Å². The van der Waals surface area contributed by atoms with Crippen molar-refractivity contribution in [3.63, 3.8) is 0 Å². The maximum atomic E-state index is 11.6. The minimum Gasteiger partial charge on any atom is -0.465 e. The molecule has 0 bridgehead atoms. The third-order valence-electron chi connectivity index (χ3n) is 2.52. The first kappa shape index (κ1) is 15.4. The van der Waals surface area contributed by atoms with Gasteiger partial charge in [0.2, 0.25) is 0 Å². The molecular weight excluding hydrogens is 286 g/mol. The van der Waals surface area contributed by atoms with Crippen LogP contribution in [0.5, 0.6) is 5.75 Å². The Bertz CT molecular complexity index is 644. The predicted molar refractivity (Wildman–Crippen MR) is 80.5 cm³/mol. The van der Waals surface area contributed by atoms with Crippen LogP contribution in [0.15, 0.2) is 53.2 Å². The Morgan fingerprint density at radius 3 is 2.64 bits per heavy atom. The first-order valence-corrected chi connectivity index (χ1v) is 6.64. The van der Waals surface area contributed by atoms with Crippen LogP contribution in [0.3, 0.4) is 0 Å². The third-order valence-corrected chi connectivity index (χ3v) is 2.52. The van der Waals surface area contributed by atoms with Gasteiger partial charge in [0.15, 0.2) is 0 Å². The van der Waals surface area contributed by atoms with Crippen LogP contribution in [0.25, 0.3) is 6.08 Å². The summed E-state index contributed by atoms with van der Waals surface area (Å²) in [4.78, 5) is 22.9. The molecule has 114 valence electrons. The number of rotatable bonds is 5. The lowest BCUT2D eigenvalue weighted by Crippen LogP contribution is -2.13. The molecule has 2 aromatic rings. The van der Waals surface area contributed by atoms with E-state index in [9.17, 15) is 9.59 Å². The Kier molecular flexibility index (Phi) is 5.37. The van der Waals surface area contributed by atoms with E-state index in [0.717, 1.165) is 0 Å². The summed E-state index contributed by atoms with van der Waals surface area (Å²) in [6.45, 7) is 2.02. The predicted octanol–water partition coefficient (Wildman–Crippen LogP) is 3.47. The fourth-order valence-corrected chi connectivity index (χ4v) is 1.58. The van der Waals surface area contributed by atoms with E-state index < -0.39 is 12.1 Å². The van der Waals surface area contributed by atoms with Crippen LogP contribution in [-0.4, -0.2) is 18.7 Å². The van der Waals surface area contributed by atoms with Gasteiger partial charge in [-0.1, -0.05) is 0 Å². The normalized spacial score (nSPS) is 10.4. The standard InChI is InChI=1S/C16H15NO5/c1-2-20-16(19)17-12-5-7-14(8-6-12)22-15(18)10-9-13-4-3-11-21-13/h3-11H,2H2,1H3,(H,17,19). The van der Waals surface area contributed by atoms with Crippen molar-refractivity contribution in [2.45, 2.75) is 6.92 Å². The zero-order valence-electron chi connectivity index (χ0n) is 11.9. The molecule has 1 amide bonds. The minimum atomic E-state index is -0.534. The molecule has 0 saturated heterocycles. The molecule has 6 nitrogen and oxygen atoms in total. The summed E-state index contributed by atoms with van der Waals surface area (Å²) in [7, 11) is 0. The van der Waals surface area contributed by atoms with Crippen molar-refractivity contribution >= 4 is 23.8 Å². The summed E-state index contributed by atoms with van der Waals surface area (Å²) in [5, 5.41) is 2.54. The monoisotopic (exact) mass is 301 g/mol. The number of nitrogens with one attached hydrogen (secondary N) is 1. The van der Waals surface area contributed by atoms with Gasteiger partial charge < -0.3 is 13.9 Å². The molecule has 0 atom stereocenters. The zero-order valence-corrected chi connectivity index (χ0v) is 11.9. The van der Waals surface area contributed by atoms with E-state index in [1.807, 2.05) is 0 Å². The molecule has 2 rings (SSSR count). The van der Waals surface area contributed by atoms with E-state index in [-0.39, 0.29) is 0 Å². The number of carbonyl (C=O) groups is 2. The van der Waals surface area contributed by atoms with Crippen molar-refractivity contribution in [3.8, 4) is 5.75 Å². The largest absolute Gasteiger partial charge is 0.465 e. The highest BCUT2D eigenvalue weighted by atomic mass is 16.5. The SMILES string of the molecule is CCOC(=O)Nc1ccc(OC(=O)C=Cc2ccco2)cc1. The van der Waals surface area contributed by atoms with Gasteiger partial charge in [0.1, 0.15) is 11.5 Å². The van der Waals surface area contributed by atoms with E-state index in [2.05, 4.69) is 5.32 Å². The summed E-state index contributed by atoms with van der Waals surface area (Å²) in [6, 6.07) is 9.80.